The molecule has 0 aromatic heterocycles. The molecule has 5 rings (SSSR count). The molecule has 0 aliphatic carbocycles. The van der Waals surface area contributed by atoms with Crippen molar-refractivity contribution < 1.29 is 14.3 Å². The van der Waals surface area contributed by atoms with Gasteiger partial charge in [-0.3, -0.25) is 0 Å². The molecule has 5 nitrogen and oxygen atoms in total. The average Bonchev–Trinajstić information content (AvgIpc) is 3.60. The fourth-order valence-electron chi connectivity index (χ4n) is 6.03. The summed E-state index contributed by atoms with van der Waals surface area (Å²) in [7, 11) is 0. The number of hydrogen-bond donors (Lipinski definition) is 0. The molecule has 2 amide bonds. The van der Waals surface area contributed by atoms with Gasteiger partial charge in [0.15, 0.2) is 0 Å². The van der Waals surface area contributed by atoms with Crippen molar-refractivity contribution in [2.45, 2.75) is 24.5 Å². The Morgan fingerprint density at radius 1 is 0.892 bits per heavy atom. The zero-order chi connectivity index (χ0) is 25.9. The molecule has 2 fully saturated rings. The summed E-state index contributed by atoms with van der Waals surface area (Å²) < 4.78 is 5.24. The number of amides is 2. The van der Waals surface area contributed by atoms with Crippen LogP contribution in [-0.4, -0.2) is 59.7 Å². The van der Waals surface area contributed by atoms with E-state index in [-0.39, 0.29) is 30.3 Å². The van der Waals surface area contributed by atoms with Crippen molar-refractivity contribution in [2.75, 3.05) is 26.2 Å². The number of nitrogens with zero attached hydrogens (tertiary/aromatic N) is 2. The SMILES string of the molecule is C=CCOC(=O)N1CC[C@@H](N2CCC(P(Br)(c3ccccc3)(c3ccccc3)c3ccccc3)C2=O)C1. The van der Waals surface area contributed by atoms with Gasteiger partial charge in [0.2, 0.25) is 0 Å². The summed E-state index contributed by atoms with van der Waals surface area (Å²) in [5.41, 5.74) is -0.264. The van der Waals surface area contributed by atoms with Crippen LogP contribution < -0.4 is 15.9 Å². The topological polar surface area (TPSA) is 49.9 Å². The maximum absolute atomic E-state index is 14.5. The molecule has 0 spiro atoms. The van der Waals surface area contributed by atoms with Crippen LogP contribution in [0, 0.1) is 0 Å². The van der Waals surface area contributed by atoms with Gasteiger partial charge in [-0.25, -0.2) is 0 Å². The minimum atomic E-state index is -3.43. The van der Waals surface area contributed by atoms with Gasteiger partial charge in [-0.1, -0.05) is 0 Å². The predicted molar refractivity (Wildman–Crippen MR) is 156 cm³/mol. The first-order valence-corrected chi connectivity index (χ1v) is 17.0. The van der Waals surface area contributed by atoms with Gasteiger partial charge in [-0.15, -0.1) is 0 Å². The normalized spacial score (nSPS) is 20.9. The number of benzene rings is 3. The molecule has 0 radical (unpaired) electrons. The summed E-state index contributed by atoms with van der Waals surface area (Å²) in [6, 6.07) is 31.4. The Labute approximate surface area is 226 Å². The number of rotatable bonds is 7. The van der Waals surface area contributed by atoms with E-state index in [1.54, 1.807) is 11.0 Å². The second-order valence-corrected chi connectivity index (χ2v) is 18.4. The molecule has 37 heavy (non-hydrogen) atoms. The molecule has 3 aromatic carbocycles. The fourth-order valence-corrected chi connectivity index (χ4v) is 14.7. The quantitative estimate of drug-likeness (QED) is 0.298. The number of carbonyl (C=O) groups excluding carboxylic acids is 2. The van der Waals surface area contributed by atoms with Crippen LogP contribution >= 0.6 is 20.8 Å². The van der Waals surface area contributed by atoms with E-state index in [9.17, 15) is 9.59 Å². The van der Waals surface area contributed by atoms with E-state index in [0.29, 0.717) is 19.6 Å². The second-order valence-electron chi connectivity index (χ2n) is 9.67. The first-order chi connectivity index (χ1) is 18.0. The van der Waals surface area contributed by atoms with Crippen molar-refractivity contribution in [3.63, 3.8) is 0 Å². The Kier molecular flexibility index (Phi) is 7.24. The first kappa shape index (κ1) is 25.7. The van der Waals surface area contributed by atoms with Crippen LogP contribution in [0.15, 0.2) is 104 Å². The van der Waals surface area contributed by atoms with E-state index < -0.39 is 5.31 Å². The van der Waals surface area contributed by atoms with Crippen molar-refractivity contribution >= 4 is 48.7 Å². The molecule has 1 unspecified atom stereocenters. The molecule has 0 saturated carbocycles. The van der Waals surface area contributed by atoms with Gasteiger partial charge >= 0.3 is 227 Å². The number of carbonyl (C=O) groups is 2. The molecule has 2 aliphatic rings. The van der Waals surface area contributed by atoms with E-state index >= 15 is 0 Å². The number of ether oxygens (including phenoxy) is 1. The van der Waals surface area contributed by atoms with Crippen LogP contribution in [0.3, 0.4) is 0 Å². The van der Waals surface area contributed by atoms with Crippen LogP contribution in [0.5, 0.6) is 0 Å². The zero-order valence-corrected chi connectivity index (χ0v) is 23.3. The monoisotopic (exact) mass is 578 g/mol. The van der Waals surface area contributed by atoms with E-state index in [0.717, 1.165) is 28.8 Å². The van der Waals surface area contributed by atoms with Crippen molar-refractivity contribution in [1.82, 2.24) is 9.80 Å². The van der Waals surface area contributed by atoms with Crippen LogP contribution in [-0.2, 0) is 9.53 Å². The molecule has 2 aliphatic heterocycles. The fraction of sp³-hybridized carbons (Fsp3) is 0.267. The number of hydrogen-bond acceptors (Lipinski definition) is 3. The molecule has 0 N–H and O–H groups in total. The molecule has 0 bridgehead atoms. The van der Waals surface area contributed by atoms with Gasteiger partial charge in [0.1, 0.15) is 0 Å². The molecular formula is C30H32BrN2O3P. The van der Waals surface area contributed by atoms with E-state index in [1.807, 2.05) is 23.1 Å². The van der Waals surface area contributed by atoms with Gasteiger partial charge in [-0.05, 0) is 0 Å². The summed E-state index contributed by atoms with van der Waals surface area (Å²) in [5, 5.41) is 0.0109. The van der Waals surface area contributed by atoms with Gasteiger partial charge in [-0.2, -0.15) is 0 Å². The third-order valence-corrected chi connectivity index (χ3v) is 18.5. The number of halogens is 1. The zero-order valence-electron chi connectivity index (χ0n) is 20.8. The Morgan fingerprint density at radius 3 is 1.89 bits per heavy atom. The molecule has 192 valence electrons. The third kappa shape index (κ3) is 4.20. The van der Waals surface area contributed by atoms with Crippen LogP contribution in [0.2, 0.25) is 0 Å². The third-order valence-electron chi connectivity index (χ3n) is 7.77. The summed E-state index contributed by atoms with van der Waals surface area (Å²) in [6.07, 6.45) is 2.71. The summed E-state index contributed by atoms with van der Waals surface area (Å²) in [6.45, 7) is 5.55. The van der Waals surface area contributed by atoms with Gasteiger partial charge in [0, 0.05) is 0 Å². The Balaban J connectivity index is 1.58. The van der Waals surface area contributed by atoms with Crippen molar-refractivity contribution in [3.8, 4) is 0 Å². The van der Waals surface area contributed by atoms with E-state index in [4.69, 9.17) is 4.74 Å². The molecule has 3 aromatic rings. The Morgan fingerprint density at radius 2 is 1.41 bits per heavy atom. The second kappa shape index (κ2) is 10.4. The molecule has 2 atom stereocenters. The van der Waals surface area contributed by atoms with Crippen molar-refractivity contribution in [1.29, 1.82) is 0 Å². The van der Waals surface area contributed by atoms with Crippen molar-refractivity contribution in [3.05, 3.63) is 104 Å². The molecule has 7 heteroatoms. The van der Waals surface area contributed by atoms with Gasteiger partial charge in [0.05, 0.1) is 0 Å². The summed E-state index contributed by atoms with van der Waals surface area (Å²) in [5.74, 6) is 0.150. The summed E-state index contributed by atoms with van der Waals surface area (Å²) in [4.78, 5) is 30.6. The standard InChI is InChI=1S/C30H32BrN2O3P/c1-2-22-36-30(35)32-20-18-24(23-32)33-21-19-28(29(33)34)37(31,25-12-6-3-7-13-25,26-14-8-4-9-15-26)27-16-10-5-11-17-27/h2-17,24,28H,1,18-23H2/t24-,28?/m1/s1. The molecular weight excluding hydrogens is 547 g/mol. The minimum absolute atomic E-state index is 0.0162. The van der Waals surface area contributed by atoms with Crippen LogP contribution in [0.1, 0.15) is 12.8 Å². The van der Waals surface area contributed by atoms with E-state index in [1.165, 1.54) is 0 Å². The molecule has 2 saturated heterocycles. The van der Waals surface area contributed by atoms with Gasteiger partial charge in [0.25, 0.3) is 0 Å². The first-order valence-electron chi connectivity index (χ1n) is 12.7. The predicted octanol–water partition coefficient (Wildman–Crippen LogP) is 4.82. The van der Waals surface area contributed by atoms with Crippen LogP contribution in [0.4, 0.5) is 4.79 Å². The summed E-state index contributed by atoms with van der Waals surface area (Å²) >= 11 is 4.47. The van der Waals surface area contributed by atoms with E-state index in [2.05, 4.69) is 94.9 Å². The average molecular weight is 579 g/mol. The van der Waals surface area contributed by atoms with Crippen LogP contribution in [0.25, 0.3) is 0 Å². The molecule has 2 heterocycles. The maximum atomic E-state index is 14.5. The van der Waals surface area contributed by atoms with Gasteiger partial charge < -0.3 is 0 Å². The Hall–Kier alpha value is -2.95. The number of likely N-dealkylation sites (tertiary alicyclic amines) is 2. The van der Waals surface area contributed by atoms with Crippen molar-refractivity contribution in [2.24, 2.45) is 0 Å². The Bertz CT molecular complexity index is 1170.